The highest BCUT2D eigenvalue weighted by molar-refractivity contribution is 9.10. The first-order valence-electron chi connectivity index (χ1n) is 3.00. The molecule has 0 radical (unpaired) electrons. The molecule has 1 rings (SSSR count). The van der Waals surface area contributed by atoms with Crippen molar-refractivity contribution >= 4 is 21.7 Å². The number of aromatic amines is 1. The zero-order chi connectivity index (χ0) is 8.43. The van der Waals surface area contributed by atoms with E-state index in [0.717, 1.165) is 0 Å². The van der Waals surface area contributed by atoms with Gasteiger partial charge in [-0.25, -0.2) is 0 Å². The Morgan fingerprint density at radius 1 is 1.64 bits per heavy atom. The van der Waals surface area contributed by atoms with Crippen LogP contribution in [-0.4, -0.2) is 10.8 Å². The summed E-state index contributed by atoms with van der Waals surface area (Å²) in [5.74, 6) is -0.122. The normalized spacial score (nSPS) is 9.64. The van der Waals surface area contributed by atoms with Crippen LogP contribution in [0.2, 0.25) is 0 Å². The van der Waals surface area contributed by atoms with E-state index in [1.54, 1.807) is 0 Å². The van der Waals surface area contributed by atoms with Crippen LogP contribution in [0.4, 0.5) is 0 Å². The molecule has 0 saturated heterocycles. The zero-order valence-corrected chi connectivity index (χ0v) is 7.44. The summed E-state index contributed by atoms with van der Waals surface area (Å²) in [5.41, 5.74) is 0.146. The smallest absolute Gasteiger partial charge is 0.248 e. The molecule has 0 bridgehead atoms. The Balaban J connectivity index is 3.35. The average Bonchev–Trinajstić information content (AvgIpc) is 1.94. The number of rotatable bonds is 1. The average molecular weight is 216 g/mol. The summed E-state index contributed by atoms with van der Waals surface area (Å²) in [6.07, 6.45) is 1.46. The SMILES string of the molecule is CC(=O)c1cc(=O)[nH]cc1Br. The molecule has 1 N–H and O–H groups in total. The summed E-state index contributed by atoms with van der Waals surface area (Å²) in [6.45, 7) is 1.42. The van der Waals surface area contributed by atoms with Crippen molar-refractivity contribution in [3.05, 3.63) is 32.7 Å². The molecule has 0 saturated carbocycles. The number of nitrogens with one attached hydrogen (secondary N) is 1. The maximum Gasteiger partial charge on any atom is 0.248 e. The Bertz CT molecular complexity index is 343. The Kier molecular flexibility index (Phi) is 2.24. The predicted molar refractivity (Wildman–Crippen MR) is 44.8 cm³/mol. The summed E-state index contributed by atoms with van der Waals surface area (Å²) in [4.78, 5) is 24.0. The van der Waals surface area contributed by atoms with Gasteiger partial charge >= 0.3 is 0 Å². The van der Waals surface area contributed by atoms with Gasteiger partial charge in [-0.3, -0.25) is 9.59 Å². The summed E-state index contributed by atoms with van der Waals surface area (Å²) in [6, 6.07) is 1.27. The Hall–Kier alpha value is -0.900. The second kappa shape index (κ2) is 3.00. The summed E-state index contributed by atoms with van der Waals surface area (Å²) in [5, 5.41) is 0. The second-order valence-electron chi connectivity index (χ2n) is 2.12. The van der Waals surface area contributed by atoms with E-state index < -0.39 is 0 Å². The molecule has 1 heterocycles. The second-order valence-corrected chi connectivity index (χ2v) is 2.97. The molecular weight excluding hydrogens is 210 g/mol. The number of carbonyl (C=O) groups excluding carboxylic acids is 1. The van der Waals surface area contributed by atoms with Crippen molar-refractivity contribution in [2.24, 2.45) is 0 Å². The molecule has 11 heavy (non-hydrogen) atoms. The van der Waals surface area contributed by atoms with Crippen LogP contribution in [0.15, 0.2) is 21.5 Å². The molecular formula is C7H6BrNO2. The molecule has 0 aliphatic heterocycles. The van der Waals surface area contributed by atoms with Crippen LogP contribution in [-0.2, 0) is 0 Å². The molecule has 0 fully saturated rings. The van der Waals surface area contributed by atoms with Gasteiger partial charge in [-0.1, -0.05) is 0 Å². The minimum absolute atomic E-state index is 0.122. The Morgan fingerprint density at radius 2 is 2.27 bits per heavy atom. The maximum absolute atomic E-state index is 10.8. The number of pyridine rings is 1. The Morgan fingerprint density at radius 3 is 2.73 bits per heavy atom. The highest BCUT2D eigenvalue weighted by atomic mass is 79.9. The van der Waals surface area contributed by atoms with Crippen LogP contribution in [0.25, 0.3) is 0 Å². The minimum atomic E-state index is -0.265. The molecule has 4 heteroatoms. The van der Waals surface area contributed by atoms with Crippen LogP contribution in [0.3, 0.4) is 0 Å². The third-order valence-corrected chi connectivity index (χ3v) is 1.91. The van der Waals surface area contributed by atoms with Gasteiger partial charge in [0.25, 0.3) is 0 Å². The van der Waals surface area contributed by atoms with Gasteiger partial charge in [-0.15, -0.1) is 0 Å². The van der Waals surface area contributed by atoms with E-state index in [9.17, 15) is 9.59 Å². The van der Waals surface area contributed by atoms with E-state index in [1.165, 1.54) is 19.2 Å². The molecule has 0 aromatic carbocycles. The predicted octanol–water partition coefficient (Wildman–Crippen LogP) is 1.34. The first-order chi connectivity index (χ1) is 5.11. The van der Waals surface area contributed by atoms with Gasteiger partial charge in [0.1, 0.15) is 0 Å². The van der Waals surface area contributed by atoms with Crippen LogP contribution in [0.5, 0.6) is 0 Å². The number of halogens is 1. The number of aromatic nitrogens is 1. The lowest BCUT2D eigenvalue weighted by molar-refractivity contribution is 0.101. The minimum Gasteiger partial charge on any atom is -0.328 e. The standard InChI is InChI=1S/C7H6BrNO2/c1-4(10)5-2-7(11)9-3-6(5)8/h2-3H,1H3,(H,9,11). The van der Waals surface area contributed by atoms with E-state index in [-0.39, 0.29) is 11.3 Å². The molecule has 0 aliphatic rings. The number of hydrogen-bond acceptors (Lipinski definition) is 2. The quantitative estimate of drug-likeness (QED) is 0.720. The number of ketones is 1. The maximum atomic E-state index is 10.8. The van der Waals surface area contributed by atoms with Gasteiger partial charge in [-0.2, -0.15) is 0 Å². The molecule has 0 amide bonds. The van der Waals surface area contributed by atoms with Crippen LogP contribution in [0.1, 0.15) is 17.3 Å². The molecule has 1 aromatic heterocycles. The lowest BCUT2D eigenvalue weighted by Crippen LogP contribution is -2.07. The summed E-state index contributed by atoms with van der Waals surface area (Å²) >= 11 is 3.14. The van der Waals surface area contributed by atoms with Crippen molar-refractivity contribution in [1.29, 1.82) is 0 Å². The third kappa shape index (κ3) is 1.77. The first-order valence-corrected chi connectivity index (χ1v) is 3.79. The van der Waals surface area contributed by atoms with Crippen molar-refractivity contribution in [3.8, 4) is 0 Å². The Labute approximate surface area is 71.6 Å². The van der Waals surface area contributed by atoms with Crippen LogP contribution >= 0.6 is 15.9 Å². The summed E-state index contributed by atoms with van der Waals surface area (Å²) < 4.78 is 0.615. The summed E-state index contributed by atoms with van der Waals surface area (Å²) in [7, 11) is 0. The number of hydrogen-bond donors (Lipinski definition) is 1. The van der Waals surface area contributed by atoms with Crippen molar-refractivity contribution in [3.63, 3.8) is 0 Å². The molecule has 0 spiro atoms. The topological polar surface area (TPSA) is 49.9 Å². The molecule has 0 atom stereocenters. The van der Waals surface area contributed by atoms with Gasteiger partial charge in [0.05, 0.1) is 0 Å². The van der Waals surface area contributed by atoms with Gasteiger partial charge in [0.2, 0.25) is 5.56 Å². The molecule has 0 aliphatic carbocycles. The van der Waals surface area contributed by atoms with E-state index in [1.807, 2.05) is 0 Å². The van der Waals surface area contributed by atoms with Crippen LogP contribution < -0.4 is 5.56 Å². The highest BCUT2D eigenvalue weighted by Crippen LogP contribution is 2.12. The van der Waals surface area contributed by atoms with Crippen molar-refractivity contribution in [2.75, 3.05) is 0 Å². The van der Waals surface area contributed by atoms with Gasteiger partial charge < -0.3 is 4.98 Å². The van der Waals surface area contributed by atoms with E-state index >= 15 is 0 Å². The fourth-order valence-corrected chi connectivity index (χ4v) is 1.23. The van der Waals surface area contributed by atoms with Gasteiger partial charge in [0, 0.05) is 22.3 Å². The molecule has 1 aromatic rings. The van der Waals surface area contributed by atoms with E-state index in [0.29, 0.717) is 10.0 Å². The third-order valence-electron chi connectivity index (χ3n) is 1.25. The van der Waals surface area contributed by atoms with E-state index in [4.69, 9.17) is 0 Å². The number of Topliss-reactive ketones (excluding diaryl/α,β-unsaturated/α-hetero) is 1. The fourth-order valence-electron chi connectivity index (χ4n) is 0.724. The van der Waals surface area contributed by atoms with Crippen molar-refractivity contribution in [1.82, 2.24) is 4.98 Å². The molecule has 58 valence electrons. The monoisotopic (exact) mass is 215 g/mol. The molecule has 0 unspecified atom stereocenters. The molecule has 3 nitrogen and oxygen atoms in total. The highest BCUT2D eigenvalue weighted by Gasteiger charge is 2.04. The largest absolute Gasteiger partial charge is 0.328 e. The van der Waals surface area contributed by atoms with Gasteiger partial charge in [-0.05, 0) is 22.9 Å². The zero-order valence-electron chi connectivity index (χ0n) is 5.85. The fraction of sp³-hybridized carbons (Fsp3) is 0.143. The van der Waals surface area contributed by atoms with Gasteiger partial charge in [0.15, 0.2) is 5.78 Å². The van der Waals surface area contributed by atoms with Crippen LogP contribution in [0, 0.1) is 0 Å². The first kappa shape index (κ1) is 8.20. The van der Waals surface area contributed by atoms with Crippen molar-refractivity contribution in [2.45, 2.75) is 6.92 Å². The van der Waals surface area contributed by atoms with Crippen molar-refractivity contribution < 1.29 is 4.79 Å². The number of carbonyl (C=O) groups is 1. The number of H-pyrrole nitrogens is 1. The lowest BCUT2D eigenvalue weighted by atomic mass is 10.2. The lowest BCUT2D eigenvalue weighted by Gasteiger charge is -1.95. The van der Waals surface area contributed by atoms with E-state index in [2.05, 4.69) is 20.9 Å².